The lowest BCUT2D eigenvalue weighted by atomic mass is 9.75. The zero-order valence-electron chi connectivity index (χ0n) is 24.3. The molecule has 0 spiro atoms. The van der Waals surface area contributed by atoms with Crippen molar-refractivity contribution in [3.63, 3.8) is 0 Å². The second-order valence-corrected chi connectivity index (χ2v) is 12.5. The van der Waals surface area contributed by atoms with E-state index in [1.54, 1.807) is 30.0 Å². The number of hydrogen-bond donors (Lipinski definition) is 2. The number of piperidine rings is 1. The Labute approximate surface area is 240 Å². The van der Waals surface area contributed by atoms with Gasteiger partial charge in [0, 0.05) is 36.7 Å². The Morgan fingerprint density at radius 3 is 2.56 bits per heavy atom. The van der Waals surface area contributed by atoms with Gasteiger partial charge in [0.1, 0.15) is 17.6 Å². The number of phenolic OH excluding ortho intramolecular Hbond substituents is 1. The van der Waals surface area contributed by atoms with E-state index in [0.717, 1.165) is 5.56 Å². The summed E-state index contributed by atoms with van der Waals surface area (Å²) in [5.74, 6) is -1.25. The Morgan fingerprint density at radius 2 is 1.88 bits per heavy atom. The zero-order chi connectivity index (χ0) is 29.9. The summed E-state index contributed by atoms with van der Waals surface area (Å²) < 4.78 is 55.8. The highest BCUT2D eigenvalue weighted by molar-refractivity contribution is 5.99. The Kier molecular flexibility index (Phi) is 9.81. The first-order valence-electron chi connectivity index (χ1n) is 14.5. The van der Waals surface area contributed by atoms with Crippen molar-refractivity contribution in [2.75, 3.05) is 26.2 Å². The molecule has 2 aromatic carbocycles. The van der Waals surface area contributed by atoms with Crippen LogP contribution in [0.5, 0.6) is 5.75 Å². The highest BCUT2D eigenvalue weighted by Crippen LogP contribution is 2.38. The van der Waals surface area contributed by atoms with Crippen molar-refractivity contribution in [2.45, 2.75) is 83.2 Å². The van der Waals surface area contributed by atoms with Gasteiger partial charge in [0.2, 0.25) is 0 Å². The number of benzene rings is 2. The molecule has 5 nitrogen and oxygen atoms in total. The molecule has 225 valence electrons. The van der Waals surface area contributed by atoms with Crippen LogP contribution in [-0.2, 0) is 0 Å². The van der Waals surface area contributed by atoms with Gasteiger partial charge in [-0.3, -0.25) is 15.0 Å². The normalized spacial score (nSPS) is 23.6. The van der Waals surface area contributed by atoms with E-state index in [9.17, 15) is 27.5 Å². The molecule has 2 fully saturated rings. The fourth-order valence-electron chi connectivity index (χ4n) is 6.37. The third-order valence-corrected chi connectivity index (χ3v) is 8.27. The second kappa shape index (κ2) is 12.8. The number of alkyl halides is 3. The maximum absolute atomic E-state index is 14.5. The van der Waals surface area contributed by atoms with E-state index < -0.39 is 24.3 Å². The third-order valence-electron chi connectivity index (χ3n) is 8.27. The Balaban J connectivity index is 1.49. The molecule has 0 bridgehead atoms. The van der Waals surface area contributed by atoms with Crippen LogP contribution in [0.1, 0.15) is 73.9 Å². The summed E-state index contributed by atoms with van der Waals surface area (Å²) >= 11 is 0. The van der Waals surface area contributed by atoms with Gasteiger partial charge < -0.3 is 10.0 Å². The summed E-state index contributed by atoms with van der Waals surface area (Å²) in [5, 5.41) is 13.4. The van der Waals surface area contributed by atoms with Gasteiger partial charge in [-0.15, -0.1) is 0 Å². The maximum atomic E-state index is 14.5. The van der Waals surface area contributed by atoms with E-state index in [1.807, 2.05) is 33.3 Å². The van der Waals surface area contributed by atoms with Gasteiger partial charge in [-0.05, 0) is 102 Å². The number of phenols is 1. The van der Waals surface area contributed by atoms with Crippen molar-refractivity contribution in [1.29, 1.82) is 0 Å². The Hall–Kier alpha value is -2.49. The highest BCUT2D eigenvalue weighted by Gasteiger charge is 2.48. The lowest BCUT2D eigenvalue weighted by Gasteiger charge is -2.40. The van der Waals surface area contributed by atoms with Gasteiger partial charge in [0.05, 0.1) is 6.17 Å². The number of carbonyl (C=O) groups excluding carboxylic acids is 1. The molecule has 2 N–H and O–H groups in total. The van der Waals surface area contributed by atoms with Gasteiger partial charge in [-0.2, -0.15) is 13.2 Å². The van der Waals surface area contributed by atoms with Gasteiger partial charge in [-0.1, -0.05) is 24.3 Å². The van der Waals surface area contributed by atoms with Crippen LogP contribution in [0, 0.1) is 25.1 Å². The monoisotopic (exact) mass is 576 g/mol. The summed E-state index contributed by atoms with van der Waals surface area (Å²) in [5.41, 5.74) is 1.32. The number of rotatable bonds is 9. The fraction of sp³-hybridized carbons (Fsp3) is 0.562. The SMILES string of the molecule is Cc1c(F)cccc1C1[CH]CN(CCC[C@H](NC(C)(C)C)N2CCC[C@H]2C(F)(F)F)CC1C(=O)c1cccc(O)c1. The molecule has 0 saturated carbocycles. The van der Waals surface area contributed by atoms with Gasteiger partial charge in [0.15, 0.2) is 5.78 Å². The first-order valence-corrected chi connectivity index (χ1v) is 14.5. The van der Waals surface area contributed by atoms with E-state index in [-0.39, 0.29) is 35.2 Å². The molecule has 41 heavy (non-hydrogen) atoms. The molecule has 4 rings (SSSR count). The van der Waals surface area contributed by atoms with Crippen LogP contribution < -0.4 is 5.32 Å². The van der Waals surface area contributed by atoms with E-state index >= 15 is 0 Å². The molecule has 2 aliphatic rings. The van der Waals surface area contributed by atoms with E-state index in [4.69, 9.17) is 0 Å². The lowest BCUT2D eigenvalue weighted by Crippen LogP contribution is -2.57. The number of aromatic hydroxyl groups is 1. The van der Waals surface area contributed by atoms with Crippen LogP contribution >= 0.6 is 0 Å². The highest BCUT2D eigenvalue weighted by atomic mass is 19.4. The lowest BCUT2D eigenvalue weighted by molar-refractivity contribution is -0.183. The van der Waals surface area contributed by atoms with Crippen molar-refractivity contribution in [3.05, 3.63) is 71.4 Å². The number of nitrogens with one attached hydrogen (secondary N) is 1. The van der Waals surface area contributed by atoms with Crippen molar-refractivity contribution in [2.24, 2.45) is 5.92 Å². The summed E-state index contributed by atoms with van der Waals surface area (Å²) in [4.78, 5) is 17.5. The van der Waals surface area contributed by atoms with E-state index in [1.165, 1.54) is 18.2 Å². The van der Waals surface area contributed by atoms with Gasteiger partial charge in [-0.25, -0.2) is 4.39 Å². The maximum Gasteiger partial charge on any atom is 0.404 e. The Bertz CT molecular complexity index is 1200. The predicted molar refractivity (Wildman–Crippen MR) is 152 cm³/mol. The Morgan fingerprint density at radius 1 is 1.15 bits per heavy atom. The molecule has 0 amide bonds. The molecule has 0 aliphatic carbocycles. The van der Waals surface area contributed by atoms with Crippen LogP contribution in [-0.4, -0.2) is 70.8 Å². The van der Waals surface area contributed by atoms with Crippen LogP contribution in [0.4, 0.5) is 17.6 Å². The van der Waals surface area contributed by atoms with Crippen molar-refractivity contribution in [1.82, 2.24) is 15.1 Å². The molecule has 2 saturated heterocycles. The number of hydrogen-bond acceptors (Lipinski definition) is 5. The van der Waals surface area contributed by atoms with Gasteiger partial charge in [0.25, 0.3) is 0 Å². The average Bonchev–Trinajstić information content (AvgIpc) is 3.40. The largest absolute Gasteiger partial charge is 0.508 e. The van der Waals surface area contributed by atoms with Crippen molar-refractivity contribution < 1.29 is 27.5 Å². The van der Waals surface area contributed by atoms with Crippen LogP contribution in [0.15, 0.2) is 42.5 Å². The molecule has 4 atom stereocenters. The minimum Gasteiger partial charge on any atom is -0.508 e. The topological polar surface area (TPSA) is 55.8 Å². The van der Waals surface area contributed by atoms with E-state index in [2.05, 4.69) is 10.2 Å². The minimum atomic E-state index is -4.26. The molecular weight excluding hydrogens is 534 g/mol. The standard InChI is InChI=1S/C32H42F4N3O2/c1-21-24(11-6-12-27(21)33)25-15-18-38(20-26(25)30(41)22-9-5-10-23(40)19-22)16-8-14-29(37-31(2,3)4)39-17-7-13-28(39)32(34,35)36/h5-6,9-12,15,19,25-26,28-29,37,40H,7-8,13-14,16-18,20H2,1-4H3/t25?,26?,28-,29+/m0/s1. The first-order chi connectivity index (χ1) is 19.2. The predicted octanol–water partition coefficient (Wildman–Crippen LogP) is 6.46. The minimum absolute atomic E-state index is 0.00226. The van der Waals surface area contributed by atoms with Crippen molar-refractivity contribution in [3.8, 4) is 5.75 Å². The number of halogens is 4. The first kappa shape index (κ1) is 31.4. The molecular formula is C32H42F4N3O2. The number of ketones is 1. The second-order valence-electron chi connectivity index (χ2n) is 12.5. The van der Waals surface area contributed by atoms with Crippen LogP contribution in [0.25, 0.3) is 0 Å². The molecule has 2 aromatic rings. The molecule has 1 radical (unpaired) electrons. The molecule has 2 aliphatic heterocycles. The number of likely N-dealkylation sites (tertiary alicyclic amines) is 2. The summed E-state index contributed by atoms with van der Waals surface area (Å²) in [7, 11) is 0. The average molecular weight is 577 g/mol. The summed E-state index contributed by atoms with van der Waals surface area (Å²) in [6.45, 7) is 9.63. The fourth-order valence-corrected chi connectivity index (χ4v) is 6.37. The zero-order valence-corrected chi connectivity index (χ0v) is 24.3. The number of Topliss-reactive ketones (excluding diaryl/α,β-unsaturated/α-hetero) is 1. The third kappa shape index (κ3) is 7.87. The number of nitrogens with zero attached hydrogens (tertiary/aromatic N) is 2. The molecule has 2 unspecified atom stereocenters. The van der Waals surface area contributed by atoms with Crippen LogP contribution in [0.3, 0.4) is 0 Å². The quantitative estimate of drug-likeness (QED) is 0.265. The smallest absolute Gasteiger partial charge is 0.404 e. The van der Waals surface area contributed by atoms with Gasteiger partial charge >= 0.3 is 6.18 Å². The molecule has 9 heteroatoms. The molecule has 0 aromatic heterocycles. The summed E-state index contributed by atoms with van der Waals surface area (Å²) in [6, 6.07) is 9.74. The van der Waals surface area contributed by atoms with Crippen LogP contribution in [0.2, 0.25) is 0 Å². The number of carbonyl (C=O) groups is 1. The molecule has 2 heterocycles. The summed E-state index contributed by atoms with van der Waals surface area (Å²) in [6.07, 6.45) is -0.802. The van der Waals surface area contributed by atoms with E-state index in [0.29, 0.717) is 56.6 Å². The van der Waals surface area contributed by atoms with Crippen molar-refractivity contribution >= 4 is 5.78 Å².